The van der Waals surface area contributed by atoms with Gasteiger partial charge in [-0.2, -0.15) is 0 Å². The smallest absolute Gasteiger partial charge is 0.0546 e. The Morgan fingerprint density at radius 3 is 1.75 bits per heavy atom. The first-order chi connectivity index (χ1) is 26.3. The van der Waals surface area contributed by atoms with Gasteiger partial charge in [0.1, 0.15) is 0 Å². The van der Waals surface area contributed by atoms with E-state index >= 15 is 0 Å². The maximum absolute atomic E-state index is 2.49. The number of hydrogen-bond donors (Lipinski definition) is 0. The zero-order chi connectivity index (χ0) is 34.9. The van der Waals surface area contributed by atoms with E-state index in [0.717, 1.165) is 17.1 Å². The number of fused-ring (bicyclic) bond motifs is 9. The van der Waals surface area contributed by atoms with Crippen molar-refractivity contribution in [3.63, 3.8) is 0 Å². The summed E-state index contributed by atoms with van der Waals surface area (Å²) in [5.41, 5.74) is 8.34. The fourth-order valence-electron chi connectivity index (χ4n) is 8.22. The van der Waals surface area contributed by atoms with Gasteiger partial charge in [0.05, 0.1) is 5.69 Å². The number of rotatable bonds is 5. The second kappa shape index (κ2) is 12.2. The van der Waals surface area contributed by atoms with Crippen molar-refractivity contribution in [2.45, 2.75) is 0 Å². The topological polar surface area (TPSA) is 3.24 Å². The Labute approximate surface area is 315 Å². The van der Waals surface area contributed by atoms with Crippen LogP contribution in [0, 0.1) is 0 Å². The van der Waals surface area contributed by atoms with Gasteiger partial charge in [-0.3, -0.25) is 0 Å². The molecule has 11 aromatic rings. The molecule has 0 amide bonds. The summed E-state index contributed by atoms with van der Waals surface area (Å²) >= 11 is 3.75. The van der Waals surface area contributed by atoms with Crippen LogP contribution in [0.25, 0.3) is 84.1 Å². The van der Waals surface area contributed by atoms with Crippen LogP contribution in [0.15, 0.2) is 188 Å². The molecule has 0 bridgehead atoms. The monoisotopic (exact) mass is 709 g/mol. The van der Waals surface area contributed by atoms with Gasteiger partial charge in [-0.05, 0) is 81.4 Å². The molecule has 3 heteroatoms. The highest BCUT2D eigenvalue weighted by Crippen LogP contribution is 2.48. The van der Waals surface area contributed by atoms with Crippen molar-refractivity contribution >= 4 is 102 Å². The molecule has 248 valence electrons. The van der Waals surface area contributed by atoms with Crippen LogP contribution in [0.2, 0.25) is 0 Å². The fourth-order valence-corrected chi connectivity index (χ4v) is 10.5. The van der Waals surface area contributed by atoms with E-state index in [1.165, 1.54) is 84.1 Å². The molecule has 0 N–H and O–H groups in total. The Balaban J connectivity index is 1.23. The number of hydrogen-bond acceptors (Lipinski definition) is 3. The molecule has 0 fully saturated rings. The molecule has 0 aliphatic heterocycles. The van der Waals surface area contributed by atoms with Gasteiger partial charge in [0, 0.05) is 62.7 Å². The lowest BCUT2D eigenvalue weighted by molar-refractivity contribution is 1.31. The Morgan fingerprint density at radius 1 is 0.321 bits per heavy atom. The lowest BCUT2D eigenvalue weighted by Crippen LogP contribution is -2.11. The van der Waals surface area contributed by atoms with Crippen molar-refractivity contribution in [1.82, 2.24) is 0 Å². The molecule has 11 rings (SSSR count). The molecule has 0 radical (unpaired) electrons. The van der Waals surface area contributed by atoms with Crippen molar-refractivity contribution in [3.8, 4) is 22.3 Å². The Kier molecular flexibility index (Phi) is 6.97. The molecule has 2 heterocycles. The first-order valence-electron chi connectivity index (χ1n) is 18.0. The third-order valence-corrected chi connectivity index (χ3v) is 13.0. The van der Waals surface area contributed by atoms with Gasteiger partial charge in [0.2, 0.25) is 0 Å². The van der Waals surface area contributed by atoms with E-state index in [1.807, 2.05) is 22.7 Å². The number of nitrogens with zero attached hydrogens (tertiary/aromatic N) is 1. The van der Waals surface area contributed by atoms with Gasteiger partial charge in [-0.1, -0.05) is 140 Å². The molecule has 0 atom stereocenters. The summed E-state index contributed by atoms with van der Waals surface area (Å²) in [4.78, 5) is 2.49. The minimum atomic E-state index is 1.12. The van der Waals surface area contributed by atoms with Crippen molar-refractivity contribution in [1.29, 1.82) is 0 Å². The molecule has 0 saturated carbocycles. The third kappa shape index (κ3) is 4.89. The predicted molar refractivity (Wildman–Crippen MR) is 233 cm³/mol. The van der Waals surface area contributed by atoms with Crippen LogP contribution in [-0.2, 0) is 0 Å². The van der Waals surface area contributed by atoms with Crippen molar-refractivity contribution in [2.24, 2.45) is 0 Å². The van der Waals surface area contributed by atoms with Crippen molar-refractivity contribution < 1.29 is 0 Å². The van der Waals surface area contributed by atoms with Gasteiger partial charge in [-0.25, -0.2) is 0 Å². The first kappa shape index (κ1) is 30.4. The number of benzene rings is 9. The first-order valence-corrected chi connectivity index (χ1v) is 19.6. The van der Waals surface area contributed by atoms with Crippen LogP contribution in [0.5, 0.6) is 0 Å². The highest BCUT2D eigenvalue weighted by molar-refractivity contribution is 7.26. The Hall–Kier alpha value is -6.26. The van der Waals surface area contributed by atoms with Crippen LogP contribution >= 0.6 is 22.7 Å². The summed E-state index contributed by atoms with van der Waals surface area (Å²) in [6, 6.07) is 69.3. The Bertz CT molecular complexity index is 3190. The molecule has 0 saturated heterocycles. The van der Waals surface area contributed by atoms with Crippen LogP contribution < -0.4 is 4.90 Å². The van der Waals surface area contributed by atoms with Crippen molar-refractivity contribution in [3.05, 3.63) is 188 Å². The summed E-state index contributed by atoms with van der Waals surface area (Å²) in [6.07, 6.45) is 0. The van der Waals surface area contributed by atoms with Gasteiger partial charge in [0.25, 0.3) is 0 Å². The van der Waals surface area contributed by atoms with Gasteiger partial charge in [-0.15, -0.1) is 22.7 Å². The number of anilines is 3. The molecule has 0 aliphatic rings. The average Bonchev–Trinajstić information content (AvgIpc) is 3.80. The van der Waals surface area contributed by atoms with E-state index in [2.05, 4.69) is 193 Å². The fraction of sp³-hybridized carbons (Fsp3) is 0. The zero-order valence-electron chi connectivity index (χ0n) is 28.7. The maximum atomic E-state index is 2.49. The lowest BCUT2D eigenvalue weighted by atomic mass is 9.92. The molecule has 0 unspecified atom stereocenters. The quantitative estimate of drug-likeness (QED) is 0.161. The molecular formula is C50H31NS2. The standard InChI is InChI=1S/C50H31NS2/c1-2-13-32(14-3-1)37-27-25-34(30-44(37)43-22-12-21-42-40-19-8-11-24-48(40)53-50(42)43)51(35-26-28-49-45(31-35)41-20-9-10-23-47(41)52-49)46-29-33-15-4-5-16-36(33)38-17-6-7-18-39(38)46/h1-31H. The number of thiophene rings is 2. The molecule has 53 heavy (non-hydrogen) atoms. The van der Waals surface area contributed by atoms with E-state index in [4.69, 9.17) is 0 Å². The minimum Gasteiger partial charge on any atom is -0.310 e. The van der Waals surface area contributed by atoms with E-state index in [0.29, 0.717) is 0 Å². The van der Waals surface area contributed by atoms with Crippen LogP contribution in [0.4, 0.5) is 17.1 Å². The average molecular weight is 710 g/mol. The molecule has 9 aromatic carbocycles. The molecular weight excluding hydrogens is 679 g/mol. The van der Waals surface area contributed by atoms with Crippen LogP contribution in [-0.4, -0.2) is 0 Å². The zero-order valence-corrected chi connectivity index (χ0v) is 30.3. The Morgan fingerprint density at radius 2 is 0.925 bits per heavy atom. The molecule has 2 aromatic heterocycles. The van der Waals surface area contributed by atoms with Crippen LogP contribution in [0.3, 0.4) is 0 Å². The summed E-state index contributed by atoms with van der Waals surface area (Å²) < 4.78 is 5.24. The second-order valence-electron chi connectivity index (χ2n) is 13.7. The highest BCUT2D eigenvalue weighted by Gasteiger charge is 2.22. The van der Waals surface area contributed by atoms with Gasteiger partial charge >= 0.3 is 0 Å². The second-order valence-corrected chi connectivity index (χ2v) is 15.8. The van der Waals surface area contributed by atoms with Gasteiger partial charge < -0.3 is 4.90 Å². The summed E-state index contributed by atoms with van der Waals surface area (Å²) in [6.45, 7) is 0. The maximum Gasteiger partial charge on any atom is 0.0546 e. The highest BCUT2D eigenvalue weighted by atomic mass is 32.1. The molecule has 0 aliphatic carbocycles. The van der Waals surface area contributed by atoms with E-state index in [1.54, 1.807) is 0 Å². The largest absolute Gasteiger partial charge is 0.310 e. The molecule has 1 nitrogen and oxygen atoms in total. The summed E-state index contributed by atoms with van der Waals surface area (Å²) in [5, 5.41) is 10.2. The minimum absolute atomic E-state index is 1.12. The van der Waals surface area contributed by atoms with Crippen LogP contribution in [0.1, 0.15) is 0 Å². The van der Waals surface area contributed by atoms with E-state index in [9.17, 15) is 0 Å². The van der Waals surface area contributed by atoms with Crippen molar-refractivity contribution in [2.75, 3.05) is 4.90 Å². The third-order valence-electron chi connectivity index (χ3n) is 10.6. The van der Waals surface area contributed by atoms with Gasteiger partial charge in [0.15, 0.2) is 0 Å². The summed E-state index contributed by atoms with van der Waals surface area (Å²) in [5.74, 6) is 0. The SMILES string of the molecule is c1ccc(-c2ccc(N(c3ccc4sc5ccccc5c4c3)c3cc4ccccc4c4ccccc34)cc2-c2cccc3c2sc2ccccc23)cc1. The lowest BCUT2D eigenvalue weighted by Gasteiger charge is -2.29. The van der Waals surface area contributed by atoms with E-state index < -0.39 is 0 Å². The van der Waals surface area contributed by atoms with E-state index in [-0.39, 0.29) is 0 Å². The predicted octanol–water partition coefficient (Wildman–Crippen LogP) is 15.5. The summed E-state index contributed by atoms with van der Waals surface area (Å²) in [7, 11) is 0. The normalized spacial score (nSPS) is 11.8. The molecule has 0 spiro atoms.